The molecule has 0 aliphatic carbocycles. The molecule has 0 bridgehead atoms. The monoisotopic (exact) mass is 690 g/mol. The van der Waals surface area contributed by atoms with Crippen LogP contribution in [-0.4, -0.2) is 138 Å². The Balaban J connectivity index is 2.33. The first-order chi connectivity index (χ1) is 22.2. The molecule has 2 aliphatic rings. The highest BCUT2D eigenvalue weighted by atomic mass is 16.7. The molecule has 2 heterocycles. The summed E-state index contributed by atoms with van der Waals surface area (Å²) >= 11 is 0. The second-order valence-electron chi connectivity index (χ2n) is 16.5. The van der Waals surface area contributed by atoms with Crippen molar-refractivity contribution >= 4 is 0 Å². The van der Waals surface area contributed by atoms with Gasteiger partial charge in [0, 0.05) is 61.0 Å². The summed E-state index contributed by atoms with van der Waals surface area (Å²) in [6.07, 6.45) is -2.71. The summed E-state index contributed by atoms with van der Waals surface area (Å²) in [7, 11) is 1.53. The van der Waals surface area contributed by atoms with E-state index < -0.39 is 60.0 Å². The minimum Gasteiger partial charge on any atom is -0.394 e. The first-order valence-corrected chi connectivity index (χ1v) is 18.6. The topological polar surface area (TPSA) is 139 Å². The highest BCUT2D eigenvalue weighted by Gasteiger charge is 2.57. The van der Waals surface area contributed by atoms with Crippen molar-refractivity contribution in [2.75, 3.05) is 40.0 Å². The van der Waals surface area contributed by atoms with Gasteiger partial charge in [0.05, 0.1) is 55.9 Å². The normalized spacial score (nSPS) is 32.5. The molecule has 0 spiro atoms. The number of ether oxygens (including phenoxy) is 5. The Morgan fingerprint density at radius 1 is 0.792 bits per heavy atom. The van der Waals surface area contributed by atoms with Gasteiger partial charge in [0.2, 0.25) is 0 Å². The van der Waals surface area contributed by atoms with Crippen LogP contribution in [0.1, 0.15) is 103 Å². The summed E-state index contributed by atoms with van der Waals surface area (Å²) < 4.78 is 31.5. The van der Waals surface area contributed by atoms with Crippen molar-refractivity contribution in [3.63, 3.8) is 0 Å². The van der Waals surface area contributed by atoms with Crippen LogP contribution in [0.2, 0.25) is 0 Å². The molecule has 0 radical (unpaired) electrons. The van der Waals surface area contributed by atoms with Gasteiger partial charge in [-0.2, -0.15) is 0 Å². The molecule has 2 aliphatic heterocycles. The van der Waals surface area contributed by atoms with Crippen molar-refractivity contribution in [1.82, 2.24) is 9.80 Å². The van der Waals surface area contributed by atoms with Crippen LogP contribution in [0, 0.1) is 23.2 Å². The molecule has 2 saturated heterocycles. The molecular weight excluding hydrogens is 614 g/mol. The van der Waals surface area contributed by atoms with Gasteiger partial charge in [-0.25, -0.2) is 0 Å². The van der Waals surface area contributed by atoms with Gasteiger partial charge in [-0.05, 0) is 88.6 Å². The SMILES string of the molecule is CO[C@@H]1OC(COCCN(C(C)C)C(C)C)[C@@H](C(C)(C)C(C)(C)O[C@@H]2OC(CO)[C@@H](C)C(O)C2CCCN(C(C)C)C(C)C)C(O)C1N. The van der Waals surface area contributed by atoms with Crippen molar-refractivity contribution in [2.24, 2.45) is 28.9 Å². The highest BCUT2D eigenvalue weighted by Crippen LogP contribution is 2.49. The van der Waals surface area contributed by atoms with Gasteiger partial charge in [0.1, 0.15) is 0 Å². The highest BCUT2D eigenvalue weighted by molar-refractivity contribution is 5.04. The maximum absolute atomic E-state index is 11.8. The smallest absolute Gasteiger partial charge is 0.175 e. The summed E-state index contributed by atoms with van der Waals surface area (Å²) in [5, 5.41) is 33.5. The van der Waals surface area contributed by atoms with Gasteiger partial charge in [-0.15, -0.1) is 0 Å². The number of rotatable bonds is 19. The number of nitrogens with zero attached hydrogens (tertiary/aromatic N) is 2. The first-order valence-electron chi connectivity index (χ1n) is 18.6. The van der Waals surface area contributed by atoms with Crippen LogP contribution in [0.4, 0.5) is 0 Å². The lowest BCUT2D eigenvalue weighted by atomic mass is 9.62. The standard InChI is InChI=1S/C37H75N3O8/c1-22(2)39(23(3)4)17-15-16-27-32(42)26(9)28(20-41)46-34(27)48-37(12,13)36(10,11)30-29(47-35(44-14)31(38)33(30)43)21-45-19-18-40(24(5)6)25(7)8/h22-35,41-43H,15-21,38H2,1-14H3/t26-,27?,28?,29?,30-,31?,32?,33?,34+,35-/m1/s1. The molecule has 0 aromatic rings. The molecule has 286 valence electrons. The second-order valence-corrected chi connectivity index (χ2v) is 16.5. The third kappa shape index (κ3) is 10.6. The van der Waals surface area contributed by atoms with E-state index in [2.05, 4.69) is 79.0 Å². The Morgan fingerprint density at radius 3 is 1.81 bits per heavy atom. The molecule has 6 unspecified atom stereocenters. The quantitative estimate of drug-likeness (QED) is 0.147. The third-order valence-electron chi connectivity index (χ3n) is 11.6. The van der Waals surface area contributed by atoms with Crippen molar-refractivity contribution < 1.29 is 39.0 Å². The van der Waals surface area contributed by atoms with Gasteiger partial charge in [0.15, 0.2) is 12.6 Å². The minimum atomic E-state index is -0.963. The van der Waals surface area contributed by atoms with Crippen LogP contribution in [0.15, 0.2) is 0 Å². The van der Waals surface area contributed by atoms with Crippen molar-refractivity contribution in [2.45, 2.75) is 176 Å². The number of hydrogen-bond acceptors (Lipinski definition) is 11. The third-order valence-corrected chi connectivity index (χ3v) is 11.6. The maximum Gasteiger partial charge on any atom is 0.175 e. The van der Waals surface area contributed by atoms with Crippen LogP contribution in [0.3, 0.4) is 0 Å². The van der Waals surface area contributed by atoms with E-state index in [0.717, 1.165) is 19.5 Å². The number of methoxy groups -OCH3 is 1. The van der Waals surface area contributed by atoms with Crippen LogP contribution in [0.5, 0.6) is 0 Å². The van der Waals surface area contributed by atoms with Gasteiger partial charge < -0.3 is 44.7 Å². The Hall–Kier alpha value is -0.440. The molecule has 0 saturated carbocycles. The summed E-state index contributed by atoms with van der Waals surface area (Å²) in [4.78, 5) is 4.83. The number of aliphatic hydroxyl groups excluding tert-OH is 3. The molecule has 10 atom stereocenters. The van der Waals surface area contributed by atoms with Crippen LogP contribution >= 0.6 is 0 Å². The average molecular weight is 690 g/mol. The van der Waals surface area contributed by atoms with E-state index in [9.17, 15) is 15.3 Å². The molecule has 11 nitrogen and oxygen atoms in total. The summed E-state index contributed by atoms with van der Waals surface area (Å²) in [6, 6.07) is 0.842. The lowest BCUT2D eigenvalue weighted by molar-refractivity contribution is -0.331. The number of nitrogens with two attached hydrogens (primary N) is 1. The van der Waals surface area contributed by atoms with E-state index in [0.29, 0.717) is 37.2 Å². The zero-order valence-electron chi connectivity index (χ0n) is 32.9. The molecule has 0 aromatic carbocycles. The number of aliphatic hydroxyl groups is 3. The van der Waals surface area contributed by atoms with E-state index in [-0.39, 0.29) is 25.0 Å². The van der Waals surface area contributed by atoms with Crippen molar-refractivity contribution in [3.8, 4) is 0 Å². The fourth-order valence-electron chi connectivity index (χ4n) is 7.96. The van der Waals surface area contributed by atoms with Gasteiger partial charge in [-0.3, -0.25) is 9.80 Å². The van der Waals surface area contributed by atoms with Crippen molar-refractivity contribution in [3.05, 3.63) is 0 Å². The van der Waals surface area contributed by atoms with Crippen LogP contribution < -0.4 is 5.73 Å². The molecule has 2 rings (SSSR count). The molecular formula is C37H75N3O8. The Labute approximate surface area is 293 Å². The predicted molar refractivity (Wildman–Crippen MR) is 191 cm³/mol. The van der Waals surface area contributed by atoms with E-state index in [4.69, 9.17) is 29.4 Å². The van der Waals surface area contributed by atoms with E-state index in [1.807, 2.05) is 20.8 Å². The first kappa shape index (κ1) is 43.7. The largest absolute Gasteiger partial charge is 0.394 e. The lowest BCUT2D eigenvalue weighted by Crippen LogP contribution is -2.67. The zero-order valence-corrected chi connectivity index (χ0v) is 32.9. The van der Waals surface area contributed by atoms with Crippen LogP contribution in [0.25, 0.3) is 0 Å². The zero-order chi connectivity index (χ0) is 36.7. The predicted octanol–water partition coefficient (Wildman–Crippen LogP) is 3.85. The molecule has 11 heteroatoms. The van der Waals surface area contributed by atoms with Crippen molar-refractivity contribution in [1.29, 1.82) is 0 Å². The maximum atomic E-state index is 11.8. The summed E-state index contributed by atoms with van der Waals surface area (Å²) in [6.45, 7) is 29.8. The average Bonchev–Trinajstić information content (AvgIpc) is 2.98. The number of hydrogen-bond donors (Lipinski definition) is 4. The van der Waals surface area contributed by atoms with Gasteiger partial charge in [0.25, 0.3) is 0 Å². The fraction of sp³-hybridized carbons (Fsp3) is 1.00. The fourth-order valence-corrected chi connectivity index (χ4v) is 7.96. The molecule has 0 amide bonds. The van der Waals surface area contributed by atoms with Gasteiger partial charge in [-0.1, -0.05) is 20.8 Å². The summed E-state index contributed by atoms with van der Waals surface area (Å²) in [5.74, 6) is -1.02. The lowest BCUT2D eigenvalue weighted by Gasteiger charge is -2.56. The molecule has 48 heavy (non-hydrogen) atoms. The Bertz CT molecular complexity index is 903. The molecule has 5 N–H and O–H groups in total. The van der Waals surface area contributed by atoms with Crippen LogP contribution in [-0.2, 0) is 23.7 Å². The Morgan fingerprint density at radius 2 is 1.31 bits per heavy atom. The van der Waals surface area contributed by atoms with E-state index in [1.54, 1.807) is 0 Å². The molecule has 0 aromatic heterocycles. The van der Waals surface area contributed by atoms with E-state index in [1.165, 1.54) is 7.11 Å². The Kier molecular flexibility index (Phi) is 17.2. The second kappa shape index (κ2) is 18.9. The summed E-state index contributed by atoms with van der Waals surface area (Å²) in [5.41, 5.74) is 4.89. The minimum absolute atomic E-state index is 0.212. The van der Waals surface area contributed by atoms with E-state index >= 15 is 0 Å². The molecule has 2 fully saturated rings. The van der Waals surface area contributed by atoms with Gasteiger partial charge >= 0.3 is 0 Å².